The van der Waals surface area contributed by atoms with Crippen LogP contribution in [0.4, 0.5) is 4.39 Å². The molecule has 1 atom stereocenters. The maximum atomic E-state index is 12.9. The lowest BCUT2D eigenvalue weighted by atomic mass is 9.93. The third kappa shape index (κ3) is 2.75. The highest BCUT2D eigenvalue weighted by atomic mass is 19.1. The summed E-state index contributed by atoms with van der Waals surface area (Å²) in [6, 6.07) is 15.0. The van der Waals surface area contributed by atoms with Crippen LogP contribution in [0.3, 0.4) is 0 Å². The van der Waals surface area contributed by atoms with Crippen LogP contribution in [-0.4, -0.2) is 16.6 Å². The Bertz CT molecular complexity index is 509. The van der Waals surface area contributed by atoms with Gasteiger partial charge in [-0.3, -0.25) is 0 Å². The summed E-state index contributed by atoms with van der Waals surface area (Å²) in [6.07, 6.45) is -2.03. The molecule has 0 bridgehead atoms. The molecule has 2 N–H and O–H groups in total. The van der Waals surface area contributed by atoms with Crippen molar-refractivity contribution >= 4 is 0 Å². The number of aliphatic hydroxyl groups excluding tert-OH is 2. The number of alkyl halides is 1. The predicted molar refractivity (Wildman–Crippen MR) is 68.6 cm³/mol. The van der Waals surface area contributed by atoms with Crippen LogP contribution in [0.2, 0.25) is 0 Å². The van der Waals surface area contributed by atoms with Crippen molar-refractivity contribution in [3.8, 4) is 11.1 Å². The molecule has 0 aliphatic carbocycles. The number of hydrogen-bond donors (Lipinski definition) is 2. The lowest BCUT2D eigenvalue weighted by molar-refractivity contribution is 0.0427. The van der Waals surface area contributed by atoms with Crippen LogP contribution in [-0.2, 0) is 13.0 Å². The minimum Gasteiger partial charge on any atom is -0.392 e. The first-order valence-electron chi connectivity index (χ1n) is 5.81. The highest BCUT2D eigenvalue weighted by Gasteiger charge is 2.13. The van der Waals surface area contributed by atoms with Crippen molar-refractivity contribution in [3.63, 3.8) is 0 Å². The van der Waals surface area contributed by atoms with Gasteiger partial charge in [-0.1, -0.05) is 48.5 Å². The van der Waals surface area contributed by atoms with Gasteiger partial charge in [0.05, 0.1) is 6.61 Å². The molecule has 0 saturated heterocycles. The lowest BCUT2D eigenvalue weighted by Gasteiger charge is -2.14. The van der Waals surface area contributed by atoms with Crippen LogP contribution < -0.4 is 0 Å². The molecule has 0 spiro atoms. The summed E-state index contributed by atoms with van der Waals surface area (Å²) in [4.78, 5) is 0. The molecule has 2 rings (SSSR count). The minimum absolute atomic E-state index is 0.110. The predicted octanol–water partition coefficient (Wildman–Crippen LogP) is 2.68. The van der Waals surface area contributed by atoms with Gasteiger partial charge < -0.3 is 10.2 Å². The Kier molecular flexibility index (Phi) is 4.07. The normalized spacial score (nSPS) is 12.4. The zero-order chi connectivity index (χ0) is 13.0. The van der Waals surface area contributed by atoms with Crippen LogP contribution in [0.1, 0.15) is 11.1 Å². The molecule has 2 aromatic rings. The molecule has 0 aromatic heterocycles. The fourth-order valence-corrected chi connectivity index (χ4v) is 2.08. The molecule has 0 amide bonds. The monoisotopic (exact) mass is 246 g/mol. The summed E-state index contributed by atoms with van der Waals surface area (Å²) in [5.74, 6) is 0. The number of benzene rings is 2. The maximum absolute atomic E-state index is 12.9. The first kappa shape index (κ1) is 12.7. The van der Waals surface area contributed by atoms with E-state index in [1.165, 1.54) is 0 Å². The second-order valence-electron chi connectivity index (χ2n) is 4.11. The average Bonchev–Trinajstić information content (AvgIpc) is 2.39. The third-order valence-electron chi connectivity index (χ3n) is 2.90. The summed E-state index contributed by atoms with van der Waals surface area (Å²) in [6.45, 7) is -0.164. The van der Waals surface area contributed by atoms with Crippen molar-refractivity contribution in [2.24, 2.45) is 0 Å². The maximum Gasteiger partial charge on any atom is 0.200 e. The van der Waals surface area contributed by atoms with E-state index in [-0.39, 0.29) is 13.0 Å². The van der Waals surface area contributed by atoms with Gasteiger partial charge >= 0.3 is 0 Å². The summed E-state index contributed by atoms with van der Waals surface area (Å²) in [5.41, 5.74) is 3.09. The fourth-order valence-electron chi connectivity index (χ4n) is 2.08. The molecule has 0 aliphatic heterocycles. The van der Waals surface area contributed by atoms with Crippen molar-refractivity contribution in [1.29, 1.82) is 0 Å². The van der Waals surface area contributed by atoms with E-state index in [9.17, 15) is 9.50 Å². The number of rotatable bonds is 4. The van der Waals surface area contributed by atoms with E-state index in [0.717, 1.165) is 11.1 Å². The van der Waals surface area contributed by atoms with Gasteiger partial charge in [0.1, 0.15) is 0 Å². The van der Waals surface area contributed by atoms with Crippen LogP contribution >= 0.6 is 0 Å². The van der Waals surface area contributed by atoms with Gasteiger partial charge in [-0.2, -0.15) is 0 Å². The molecule has 18 heavy (non-hydrogen) atoms. The second kappa shape index (κ2) is 5.76. The van der Waals surface area contributed by atoms with Gasteiger partial charge in [0, 0.05) is 6.42 Å². The first-order valence-corrected chi connectivity index (χ1v) is 5.81. The minimum atomic E-state index is -1.92. The van der Waals surface area contributed by atoms with Crippen LogP contribution in [0.15, 0.2) is 48.5 Å². The van der Waals surface area contributed by atoms with Crippen molar-refractivity contribution in [1.82, 2.24) is 0 Å². The standard InChI is InChI=1S/C15H15FO2/c16-15(18)9-14-12(10-17)7-4-8-13(14)11-5-2-1-3-6-11/h1-8,15,17-18H,9-10H2. The SMILES string of the molecule is OCc1cccc(-c2ccccc2)c1CC(O)F. The zero-order valence-electron chi connectivity index (χ0n) is 9.88. The smallest absolute Gasteiger partial charge is 0.200 e. The van der Waals surface area contributed by atoms with Gasteiger partial charge in [0.25, 0.3) is 0 Å². The largest absolute Gasteiger partial charge is 0.392 e. The van der Waals surface area contributed by atoms with Gasteiger partial charge in [-0.15, -0.1) is 0 Å². The molecule has 3 heteroatoms. The van der Waals surface area contributed by atoms with Crippen molar-refractivity contribution in [2.45, 2.75) is 19.4 Å². The van der Waals surface area contributed by atoms with Gasteiger partial charge in [-0.05, 0) is 22.3 Å². The van der Waals surface area contributed by atoms with Gasteiger partial charge in [0.2, 0.25) is 0 Å². The summed E-state index contributed by atoms with van der Waals surface area (Å²) < 4.78 is 12.9. The Hall–Kier alpha value is -1.71. The highest BCUT2D eigenvalue weighted by molar-refractivity contribution is 5.68. The molecule has 0 radical (unpaired) electrons. The van der Waals surface area contributed by atoms with Crippen molar-refractivity contribution in [3.05, 3.63) is 59.7 Å². The molecule has 2 aromatic carbocycles. The van der Waals surface area contributed by atoms with E-state index < -0.39 is 6.36 Å². The zero-order valence-corrected chi connectivity index (χ0v) is 9.88. The second-order valence-corrected chi connectivity index (χ2v) is 4.11. The van der Waals surface area contributed by atoms with E-state index in [1.54, 1.807) is 6.07 Å². The van der Waals surface area contributed by atoms with Gasteiger partial charge in [0.15, 0.2) is 6.36 Å². The Morgan fingerprint density at radius 2 is 1.72 bits per heavy atom. The molecular weight excluding hydrogens is 231 g/mol. The molecule has 94 valence electrons. The summed E-state index contributed by atoms with van der Waals surface area (Å²) in [7, 11) is 0. The quantitative estimate of drug-likeness (QED) is 0.870. The van der Waals surface area contributed by atoms with Gasteiger partial charge in [-0.25, -0.2) is 4.39 Å². The number of hydrogen-bond acceptors (Lipinski definition) is 2. The Balaban J connectivity index is 2.52. The molecule has 0 aliphatic rings. The fraction of sp³-hybridized carbons (Fsp3) is 0.200. The van der Waals surface area contributed by atoms with Crippen LogP contribution in [0.5, 0.6) is 0 Å². The molecule has 0 heterocycles. The Morgan fingerprint density at radius 1 is 1.00 bits per heavy atom. The van der Waals surface area contributed by atoms with E-state index in [4.69, 9.17) is 5.11 Å². The molecule has 2 nitrogen and oxygen atoms in total. The van der Waals surface area contributed by atoms with Crippen molar-refractivity contribution in [2.75, 3.05) is 0 Å². The van der Waals surface area contributed by atoms with E-state index in [1.807, 2.05) is 42.5 Å². The Morgan fingerprint density at radius 3 is 2.33 bits per heavy atom. The summed E-state index contributed by atoms with van der Waals surface area (Å²) >= 11 is 0. The molecular formula is C15H15FO2. The first-order chi connectivity index (χ1) is 8.72. The topological polar surface area (TPSA) is 40.5 Å². The van der Waals surface area contributed by atoms with Crippen LogP contribution in [0, 0.1) is 0 Å². The number of aliphatic hydroxyl groups is 2. The molecule has 1 unspecified atom stereocenters. The lowest BCUT2D eigenvalue weighted by Crippen LogP contribution is -2.07. The van der Waals surface area contributed by atoms with Crippen molar-refractivity contribution < 1.29 is 14.6 Å². The van der Waals surface area contributed by atoms with Crippen LogP contribution in [0.25, 0.3) is 11.1 Å². The molecule has 0 saturated carbocycles. The highest BCUT2D eigenvalue weighted by Crippen LogP contribution is 2.27. The number of halogens is 1. The van der Waals surface area contributed by atoms with E-state index >= 15 is 0 Å². The Labute approximate surface area is 105 Å². The summed E-state index contributed by atoms with van der Waals surface area (Å²) in [5, 5.41) is 18.2. The van der Waals surface area contributed by atoms with E-state index in [0.29, 0.717) is 11.1 Å². The average molecular weight is 246 g/mol. The van der Waals surface area contributed by atoms with E-state index in [2.05, 4.69) is 0 Å². The third-order valence-corrected chi connectivity index (χ3v) is 2.90. The molecule has 0 fully saturated rings.